The Morgan fingerprint density at radius 1 is 1.16 bits per heavy atom. The smallest absolute Gasteiger partial charge is 0.335 e. The van der Waals surface area contributed by atoms with E-state index in [1.165, 1.54) is 19.4 Å². The molecule has 0 bridgehead atoms. The van der Waals surface area contributed by atoms with E-state index in [-0.39, 0.29) is 53.9 Å². The van der Waals surface area contributed by atoms with Crippen LogP contribution in [0.4, 0.5) is 0 Å². The lowest BCUT2D eigenvalue weighted by molar-refractivity contribution is -0.191. The van der Waals surface area contributed by atoms with Gasteiger partial charge in [0.2, 0.25) is 0 Å². The molecule has 1 aromatic carbocycles. The van der Waals surface area contributed by atoms with Gasteiger partial charge >= 0.3 is 17.9 Å². The third-order valence-corrected chi connectivity index (χ3v) is 9.21. The van der Waals surface area contributed by atoms with Crippen molar-refractivity contribution < 1.29 is 28.6 Å². The monoisotopic (exact) mass is 523 g/mol. The number of allylic oxidation sites excluding steroid dienone is 1. The zero-order valence-corrected chi connectivity index (χ0v) is 23.1. The van der Waals surface area contributed by atoms with E-state index < -0.39 is 5.41 Å². The van der Waals surface area contributed by atoms with Gasteiger partial charge < -0.3 is 19.5 Å². The van der Waals surface area contributed by atoms with Gasteiger partial charge in [-0.05, 0) is 61.0 Å². The number of carbonyl (C=O) groups excluding carboxylic acids is 3. The van der Waals surface area contributed by atoms with Gasteiger partial charge in [-0.25, -0.2) is 4.79 Å². The third kappa shape index (κ3) is 5.73. The number of ether oxygens (including phenoxy) is 3. The number of nitrogens with one attached hydrogen (secondary N) is 1. The van der Waals surface area contributed by atoms with E-state index in [0.29, 0.717) is 31.6 Å². The number of rotatable bonds is 9. The highest BCUT2D eigenvalue weighted by atomic mass is 16.6. The fraction of sp³-hybridized carbons (Fsp3) is 0.581. The van der Waals surface area contributed by atoms with Crippen LogP contribution in [0.25, 0.3) is 0 Å². The molecule has 0 saturated heterocycles. The molecule has 38 heavy (non-hydrogen) atoms. The van der Waals surface area contributed by atoms with Crippen molar-refractivity contribution in [2.75, 3.05) is 13.2 Å². The Kier molecular flexibility index (Phi) is 8.46. The summed E-state index contributed by atoms with van der Waals surface area (Å²) < 4.78 is 16.7. The molecule has 2 unspecified atom stereocenters. The molecular formula is C31H41NO6. The van der Waals surface area contributed by atoms with Crippen LogP contribution in [0.3, 0.4) is 0 Å². The number of esters is 3. The molecule has 0 amide bonds. The van der Waals surface area contributed by atoms with Crippen LogP contribution in [0.2, 0.25) is 0 Å². The maximum absolute atomic E-state index is 12.7. The van der Waals surface area contributed by atoms with E-state index in [2.05, 4.69) is 37.9 Å². The van der Waals surface area contributed by atoms with E-state index in [4.69, 9.17) is 14.2 Å². The highest BCUT2D eigenvalue weighted by Crippen LogP contribution is 2.62. The highest BCUT2D eigenvalue weighted by Gasteiger charge is 2.60. The van der Waals surface area contributed by atoms with Crippen molar-refractivity contribution in [1.82, 2.24) is 5.32 Å². The molecule has 2 aliphatic carbocycles. The summed E-state index contributed by atoms with van der Waals surface area (Å²) in [6.45, 7) is 12.9. The van der Waals surface area contributed by atoms with E-state index in [0.717, 1.165) is 24.8 Å². The highest BCUT2D eigenvalue weighted by molar-refractivity contribution is 5.91. The summed E-state index contributed by atoms with van der Waals surface area (Å²) in [6.07, 6.45) is 5.52. The standard InChI is InChI=1S/C31H41NO6/c1-20-11-12-27-30(4,15-13-28(38-22(3)34)31(27,5)19-37-21(2)33)25(20)17-26(24-14-16-36-29(24)35)32-18-23-9-7-6-8-10-23/h6-10,14,25-28,32H,1,11-13,15-19H2,2-5H3/t25-,26?,27?,28+,30+,31-/m0/s1. The Hall–Kier alpha value is -2.93. The molecule has 7 nitrogen and oxygen atoms in total. The molecule has 7 heteroatoms. The molecule has 0 spiro atoms. The minimum absolute atomic E-state index is 0.124. The third-order valence-electron chi connectivity index (χ3n) is 9.21. The van der Waals surface area contributed by atoms with Gasteiger partial charge in [-0.1, -0.05) is 56.3 Å². The van der Waals surface area contributed by atoms with Crippen LogP contribution in [0, 0.1) is 22.7 Å². The minimum atomic E-state index is -0.526. The first-order valence-corrected chi connectivity index (χ1v) is 13.7. The summed E-state index contributed by atoms with van der Waals surface area (Å²) in [5, 5.41) is 3.64. The van der Waals surface area contributed by atoms with Crippen LogP contribution in [0.15, 0.2) is 54.1 Å². The molecule has 1 aliphatic heterocycles. The molecule has 1 heterocycles. The topological polar surface area (TPSA) is 90.9 Å². The molecule has 0 radical (unpaired) electrons. The predicted octanol–water partition coefficient (Wildman–Crippen LogP) is 4.90. The second-order valence-corrected chi connectivity index (χ2v) is 11.6. The summed E-state index contributed by atoms with van der Waals surface area (Å²) in [5.74, 6) is -0.659. The van der Waals surface area contributed by atoms with Crippen LogP contribution >= 0.6 is 0 Å². The van der Waals surface area contributed by atoms with Gasteiger partial charge in [0.15, 0.2) is 0 Å². The van der Waals surface area contributed by atoms with E-state index in [1.807, 2.05) is 24.3 Å². The molecule has 6 atom stereocenters. The average molecular weight is 524 g/mol. The number of carbonyl (C=O) groups is 3. The molecule has 2 fully saturated rings. The summed E-state index contributed by atoms with van der Waals surface area (Å²) in [4.78, 5) is 36.5. The summed E-state index contributed by atoms with van der Waals surface area (Å²) >= 11 is 0. The molecule has 2 saturated carbocycles. The SMILES string of the molecule is C=C1CCC2[C@](C)(COC(C)=O)[C@H](OC(C)=O)CC[C@]2(C)[C@H]1CC(NCc1ccccc1)C1=CCOC1=O. The van der Waals surface area contributed by atoms with Crippen LogP contribution < -0.4 is 5.32 Å². The number of fused-ring (bicyclic) bond motifs is 1. The second kappa shape index (κ2) is 11.4. The van der Waals surface area contributed by atoms with Crippen molar-refractivity contribution in [3.05, 3.63) is 59.7 Å². The molecule has 0 aromatic heterocycles. The number of hydrogen-bond donors (Lipinski definition) is 1. The Morgan fingerprint density at radius 3 is 2.53 bits per heavy atom. The van der Waals surface area contributed by atoms with Gasteiger partial charge in [-0.2, -0.15) is 0 Å². The van der Waals surface area contributed by atoms with E-state index in [1.54, 1.807) is 0 Å². The van der Waals surface area contributed by atoms with Gasteiger partial charge in [0.25, 0.3) is 0 Å². The molecule has 1 aromatic rings. The lowest BCUT2D eigenvalue weighted by Gasteiger charge is -2.60. The van der Waals surface area contributed by atoms with Gasteiger partial charge in [0.1, 0.15) is 19.3 Å². The first-order valence-electron chi connectivity index (χ1n) is 13.7. The average Bonchev–Trinajstić information content (AvgIpc) is 3.30. The lowest BCUT2D eigenvalue weighted by Crippen LogP contribution is -2.59. The first kappa shape index (κ1) is 28.1. The second-order valence-electron chi connectivity index (χ2n) is 11.6. The molecule has 1 N–H and O–H groups in total. The normalized spacial score (nSPS) is 31.6. The summed E-state index contributed by atoms with van der Waals surface area (Å²) in [5.41, 5.74) is 2.31. The van der Waals surface area contributed by atoms with Crippen molar-refractivity contribution in [1.29, 1.82) is 0 Å². The molecule has 3 aliphatic rings. The zero-order chi connectivity index (χ0) is 27.5. The van der Waals surface area contributed by atoms with Gasteiger partial charge in [-0.3, -0.25) is 9.59 Å². The predicted molar refractivity (Wildman–Crippen MR) is 144 cm³/mol. The Bertz CT molecular complexity index is 1100. The maximum atomic E-state index is 12.7. The quantitative estimate of drug-likeness (QED) is 0.280. The van der Waals surface area contributed by atoms with Crippen LogP contribution in [0.5, 0.6) is 0 Å². The first-order chi connectivity index (χ1) is 18.0. The fourth-order valence-electron chi connectivity index (χ4n) is 7.30. The minimum Gasteiger partial charge on any atom is -0.465 e. The molecule has 4 rings (SSSR count). The van der Waals surface area contributed by atoms with Gasteiger partial charge in [-0.15, -0.1) is 0 Å². The Balaban J connectivity index is 1.63. The van der Waals surface area contributed by atoms with Crippen molar-refractivity contribution in [3.63, 3.8) is 0 Å². The van der Waals surface area contributed by atoms with Gasteiger partial charge in [0, 0.05) is 31.8 Å². The van der Waals surface area contributed by atoms with E-state index >= 15 is 0 Å². The summed E-state index contributed by atoms with van der Waals surface area (Å²) in [6, 6.07) is 9.96. The largest absolute Gasteiger partial charge is 0.465 e. The van der Waals surface area contributed by atoms with Crippen molar-refractivity contribution in [2.45, 2.75) is 78.5 Å². The van der Waals surface area contributed by atoms with Crippen LogP contribution in [-0.2, 0) is 35.1 Å². The Morgan fingerprint density at radius 2 is 1.89 bits per heavy atom. The van der Waals surface area contributed by atoms with Crippen molar-refractivity contribution in [2.24, 2.45) is 22.7 Å². The maximum Gasteiger partial charge on any atom is 0.335 e. The molecular weight excluding hydrogens is 482 g/mol. The van der Waals surface area contributed by atoms with Crippen molar-refractivity contribution in [3.8, 4) is 0 Å². The van der Waals surface area contributed by atoms with Gasteiger partial charge in [0.05, 0.1) is 5.57 Å². The van der Waals surface area contributed by atoms with Crippen LogP contribution in [-0.4, -0.2) is 43.3 Å². The van der Waals surface area contributed by atoms with E-state index in [9.17, 15) is 14.4 Å². The number of cyclic esters (lactones) is 1. The van der Waals surface area contributed by atoms with Crippen LogP contribution in [0.1, 0.15) is 65.4 Å². The molecule has 206 valence electrons. The number of benzene rings is 1. The lowest BCUT2D eigenvalue weighted by atomic mass is 9.46. The number of hydrogen-bond acceptors (Lipinski definition) is 7. The zero-order valence-electron chi connectivity index (χ0n) is 23.1. The summed E-state index contributed by atoms with van der Waals surface area (Å²) in [7, 11) is 0. The van der Waals surface area contributed by atoms with Crippen molar-refractivity contribution >= 4 is 17.9 Å². The fourth-order valence-corrected chi connectivity index (χ4v) is 7.30. The Labute approximate surface area is 226 Å².